The molecule has 1 atom stereocenters. The number of likely N-dealkylation sites (tertiary alicyclic amines) is 1. The van der Waals surface area contributed by atoms with Gasteiger partial charge in [0.05, 0.1) is 5.69 Å². The number of nitrogens with zero attached hydrogens (tertiary/aromatic N) is 4. The Hall–Kier alpha value is -2.86. The van der Waals surface area contributed by atoms with Crippen LogP contribution in [-0.4, -0.2) is 37.9 Å². The zero-order valence-corrected chi connectivity index (χ0v) is 14.5. The first kappa shape index (κ1) is 16.6. The molecule has 3 aromatic rings. The van der Waals surface area contributed by atoms with E-state index in [1.807, 2.05) is 24.4 Å². The second kappa shape index (κ2) is 7.58. The van der Waals surface area contributed by atoms with Crippen LogP contribution in [0.4, 0.5) is 0 Å². The molecule has 26 heavy (non-hydrogen) atoms. The molecule has 3 aromatic heterocycles. The molecule has 1 unspecified atom stereocenters. The maximum atomic E-state index is 12.2. The second-order valence-electron chi connectivity index (χ2n) is 6.69. The van der Waals surface area contributed by atoms with Crippen LogP contribution in [0.5, 0.6) is 0 Å². The van der Waals surface area contributed by atoms with Gasteiger partial charge in [-0.15, -0.1) is 0 Å². The summed E-state index contributed by atoms with van der Waals surface area (Å²) in [4.78, 5) is 30.5. The lowest BCUT2D eigenvalue weighted by Gasteiger charge is -2.32. The van der Waals surface area contributed by atoms with E-state index in [4.69, 9.17) is 4.98 Å². The van der Waals surface area contributed by atoms with Crippen molar-refractivity contribution in [1.29, 1.82) is 0 Å². The van der Waals surface area contributed by atoms with E-state index in [-0.39, 0.29) is 11.5 Å². The standard InChI is InChI=1S/C20H21N5O/c26-19-11-18(16-5-8-21-9-6-16)23-20(24-19)17-4-2-10-25(14-17)13-15-3-1-7-22-12-15/h1,3,5-9,11-12,17H,2,4,10,13-14H2,(H,23,24,26). The number of piperidine rings is 1. The van der Waals surface area contributed by atoms with Crippen molar-refractivity contribution in [2.24, 2.45) is 0 Å². The maximum Gasteiger partial charge on any atom is 0.251 e. The quantitative estimate of drug-likeness (QED) is 0.785. The monoisotopic (exact) mass is 347 g/mol. The Morgan fingerprint density at radius 2 is 2.04 bits per heavy atom. The zero-order chi connectivity index (χ0) is 17.8. The van der Waals surface area contributed by atoms with Crippen LogP contribution in [0.1, 0.15) is 30.1 Å². The molecule has 4 heterocycles. The lowest BCUT2D eigenvalue weighted by atomic mass is 9.96. The Balaban J connectivity index is 1.55. The summed E-state index contributed by atoms with van der Waals surface area (Å²) in [7, 11) is 0. The third-order valence-electron chi connectivity index (χ3n) is 4.76. The Morgan fingerprint density at radius 3 is 2.85 bits per heavy atom. The van der Waals surface area contributed by atoms with Gasteiger partial charge in [-0.1, -0.05) is 6.07 Å². The van der Waals surface area contributed by atoms with Gasteiger partial charge < -0.3 is 4.98 Å². The number of aromatic nitrogens is 4. The highest BCUT2D eigenvalue weighted by Gasteiger charge is 2.23. The summed E-state index contributed by atoms with van der Waals surface area (Å²) in [6, 6.07) is 9.37. The maximum absolute atomic E-state index is 12.2. The summed E-state index contributed by atoms with van der Waals surface area (Å²) >= 11 is 0. The molecule has 1 fully saturated rings. The summed E-state index contributed by atoms with van der Waals surface area (Å²) in [6.07, 6.45) is 9.26. The van der Waals surface area contributed by atoms with Crippen molar-refractivity contribution in [3.05, 3.63) is 76.9 Å². The van der Waals surface area contributed by atoms with Crippen LogP contribution in [0.3, 0.4) is 0 Å². The van der Waals surface area contributed by atoms with E-state index >= 15 is 0 Å². The molecular weight excluding hydrogens is 326 g/mol. The van der Waals surface area contributed by atoms with Crippen molar-refractivity contribution in [2.45, 2.75) is 25.3 Å². The summed E-state index contributed by atoms with van der Waals surface area (Å²) in [5, 5.41) is 0. The van der Waals surface area contributed by atoms with Crippen molar-refractivity contribution in [3.63, 3.8) is 0 Å². The van der Waals surface area contributed by atoms with Crippen molar-refractivity contribution in [2.75, 3.05) is 13.1 Å². The van der Waals surface area contributed by atoms with Gasteiger partial charge in [-0.25, -0.2) is 4.98 Å². The minimum atomic E-state index is -0.105. The highest BCUT2D eigenvalue weighted by molar-refractivity contribution is 5.57. The molecule has 132 valence electrons. The second-order valence-corrected chi connectivity index (χ2v) is 6.69. The van der Waals surface area contributed by atoms with E-state index in [0.29, 0.717) is 5.69 Å². The SMILES string of the molecule is O=c1cc(-c2ccncc2)nc(C2CCCN(Cc3cccnc3)C2)[nH]1. The topological polar surface area (TPSA) is 74.8 Å². The van der Waals surface area contributed by atoms with Gasteiger partial charge in [0.15, 0.2) is 0 Å². The number of pyridine rings is 2. The molecule has 0 amide bonds. The lowest BCUT2D eigenvalue weighted by molar-refractivity contribution is 0.196. The molecule has 0 saturated carbocycles. The molecule has 1 saturated heterocycles. The molecule has 0 aromatic carbocycles. The first-order valence-corrected chi connectivity index (χ1v) is 8.91. The molecule has 1 N–H and O–H groups in total. The fraction of sp³-hybridized carbons (Fsp3) is 0.300. The molecule has 6 nitrogen and oxygen atoms in total. The van der Waals surface area contributed by atoms with Crippen LogP contribution in [0, 0.1) is 0 Å². The minimum absolute atomic E-state index is 0.105. The van der Waals surface area contributed by atoms with Gasteiger partial charge in [0.25, 0.3) is 5.56 Å². The van der Waals surface area contributed by atoms with Gasteiger partial charge in [-0.2, -0.15) is 0 Å². The minimum Gasteiger partial charge on any atom is -0.310 e. The highest BCUT2D eigenvalue weighted by Crippen LogP contribution is 2.26. The number of rotatable bonds is 4. The third-order valence-corrected chi connectivity index (χ3v) is 4.76. The summed E-state index contributed by atoms with van der Waals surface area (Å²) in [6.45, 7) is 2.82. The van der Waals surface area contributed by atoms with Gasteiger partial charge in [0.1, 0.15) is 5.82 Å². The van der Waals surface area contributed by atoms with Gasteiger partial charge in [0, 0.05) is 55.4 Å². The fourth-order valence-electron chi connectivity index (χ4n) is 3.51. The van der Waals surface area contributed by atoms with Crippen LogP contribution in [0.2, 0.25) is 0 Å². The Bertz CT molecular complexity index is 910. The number of H-pyrrole nitrogens is 1. The van der Waals surface area contributed by atoms with Crippen LogP contribution < -0.4 is 5.56 Å². The zero-order valence-electron chi connectivity index (χ0n) is 14.5. The van der Waals surface area contributed by atoms with E-state index < -0.39 is 0 Å². The van der Waals surface area contributed by atoms with E-state index in [9.17, 15) is 4.79 Å². The summed E-state index contributed by atoms with van der Waals surface area (Å²) in [5.41, 5.74) is 2.72. The van der Waals surface area contributed by atoms with E-state index in [1.54, 1.807) is 24.7 Å². The number of aromatic amines is 1. The van der Waals surface area contributed by atoms with Crippen LogP contribution in [-0.2, 0) is 6.54 Å². The third kappa shape index (κ3) is 3.86. The number of hydrogen-bond acceptors (Lipinski definition) is 5. The van der Waals surface area contributed by atoms with Gasteiger partial charge >= 0.3 is 0 Å². The average molecular weight is 347 g/mol. The number of nitrogens with one attached hydrogen (secondary N) is 1. The van der Waals surface area contributed by atoms with E-state index in [2.05, 4.69) is 25.9 Å². The van der Waals surface area contributed by atoms with E-state index in [0.717, 1.165) is 43.9 Å². The predicted molar refractivity (Wildman–Crippen MR) is 99.6 cm³/mol. The fourth-order valence-corrected chi connectivity index (χ4v) is 3.51. The molecule has 0 bridgehead atoms. The van der Waals surface area contributed by atoms with Crippen molar-refractivity contribution >= 4 is 0 Å². The normalized spacial score (nSPS) is 17.9. The molecule has 4 rings (SSSR count). The lowest BCUT2D eigenvalue weighted by Crippen LogP contribution is -2.35. The molecule has 6 heteroatoms. The summed E-state index contributed by atoms with van der Waals surface area (Å²) < 4.78 is 0. The van der Waals surface area contributed by atoms with Crippen molar-refractivity contribution in [1.82, 2.24) is 24.8 Å². The van der Waals surface area contributed by atoms with Gasteiger partial charge in [-0.05, 0) is 43.1 Å². The largest absolute Gasteiger partial charge is 0.310 e. The van der Waals surface area contributed by atoms with Crippen LogP contribution >= 0.6 is 0 Å². The molecule has 0 radical (unpaired) electrons. The van der Waals surface area contributed by atoms with Gasteiger partial charge in [-0.3, -0.25) is 19.7 Å². The molecule has 0 spiro atoms. The highest BCUT2D eigenvalue weighted by atomic mass is 16.1. The van der Waals surface area contributed by atoms with E-state index in [1.165, 1.54) is 5.56 Å². The molecular formula is C20H21N5O. The van der Waals surface area contributed by atoms with Gasteiger partial charge in [0.2, 0.25) is 0 Å². The predicted octanol–water partition coefficient (Wildman–Crippen LogP) is 2.61. The molecule has 1 aliphatic heterocycles. The Morgan fingerprint density at radius 1 is 1.15 bits per heavy atom. The first-order valence-electron chi connectivity index (χ1n) is 8.91. The van der Waals surface area contributed by atoms with Crippen molar-refractivity contribution in [3.8, 4) is 11.3 Å². The van der Waals surface area contributed by atoms with Crippen molar-refractivity contribution < 1.29 is 0 Å². The Labute approximate surface area is 152 Å². The average Bonchev–Trinajstić information content (AvgIpc) is 2.69. The molecule has 1 aliphatic rings. The van der Waals surface area contributed by atoms with Crippen LogP contribution in [0.15, 0.2) is 59.9 Å². The number of hydrogen-bond donors (Lipinski definition) is 1. The summed E-state index contributed by atoms with van der Waals surface area (Å²) in [5.74, 6) is 1.01. The Kier molecular flexibility index (Phi) is 4.84. The smallest absolute Gasteiger partial charge is 0.251 e. The van der Waals surface area contributed by atoms with Crippen LogP contribution in [0.25, 0.3) is 11.3 Å². The molecule has 0 aliphatic carbocycles. The first-order chi connectivity index (χ1) is 12.8.